The van der Waals surface area contributed by atoms with E-state index in [-0.39, 0.29) is 12.0 Å². The fourth-order valence-electron chi connectivity index (χ4n) is 2.68. The Morgan fingerprint density at radius 2 is 1.32 bits per heavy atom. The van der Waals surface area contributed by atoms with Crippen molar-refractivity contribution in [1.29, 1.82) is 0 Å². The Bertz CT molecular complexity index is 247. The zero-order chi connectivity index (χ0) is 16.5. The molecular weight excluding hydrogens is 276 g/mol. The SMILES string of the molecule is CCOC(=O)CC(N)CCCCCCCCCCCCCN. The van der Waals surface area contributed by atoms with Gasteiger partial charge in [0.05, 0.1) is 13.0 Å². The lowest BCUT2D eigenvalue weighted by Gasteiger charge is -2.10. The summed E-state index contributed by atoms with van der Waals surface area (Å²) in [5, 5.41) is 0. The average molecular weight is 315 g/mol. The summed E-state index contributed by atoms with van der Waals surface area (Å²) in [6.45, 7) is 3.10. The summed E-state index contributed by atoms with van der Waals surface area (Å²) in [6, 6.07) is -0.0347. The van der Waals surface area contributed by atoms with Gasteiger partial charge in [0.25, 0.3) is 0 Å². The molecule has 132 valence electrons. The van der Waals surface area contributed by atoms with E-state index in [1.807, 2.05) is 6.92 Å². The third-order valence-electron chi connectivity index (χ3n) is 4.01. The Balaban J connectivity index is 3.18. The number of hydrogen-bond acceptors (Lipinski definition) is 4. The van der Waals surface area contributed by atoms with Crippen LogP contribution in [0.5, 0.6) is 0 Å². The van der Waals surface area contributed by atoms with Gasteiger partial charge in [-0.05, 0) is 26.3 Å². The molecule has 0 fully saturated rings. The summed E-state index contributed by atoms with van der Waals surface area (Å²) < 4.78 is 4.90. The van der Waals surface area contributed by atoms with Crippen LogP contribution in [0.3, 0.4) is 0 Å². The highest BCUT2D eigenvalue weighted by Gasteiger charge is 2.09. The van der Waals surface area contributed by atoms with Crippen molar-refractivity contribution in [2.24, 2.45) is 11.5 Å². The molecule has 0 heterocycles. The van der Waals surface area contributed by atoms with Gasteiger partial charge in [0, 0.05) is 6.04 Å². The Morgan fingerprint density at radius 3 is 1.77 bits per heavy atom. The van der Waals surface area contributed by atoms with E-state index in [1.165, 1.54) is 64.2 Å². The van der Waals surface area contributed by atoms with Crippen molar-refractivity contribution in [3.63, 3.8) is 0 Å². The lowest BCUT2D eigenvalue weighted by atomic mass is 10.0. The molecule has 22 heavy (non-hydrogen) atoms. The van der Waals surface area contributed by atoms with Crippen molar-refractivity contribution in [2.75, 3.05) is 13.2 Å². The smallest absolute Gasteiger partial charge is 0.307 e. The maximum atomic E-state index is 11.3. The zero-order valence-electron chi connectivity index (χ0n) is 14.7. The monoisotopic (exact) mass is 314 g/mol. The van der Waals surface area contributed by atoms with Gasteiger partial charge >= 0.3 is 5.97 Å². The summed E-state index contributed by atoms with van der Waals surface area (Å²) in [7, 11) is 0. The molecule has 0 aliphatic carbocycles. The van der Waals surface area contributed by atoms with Crippen LogP contribution >= 0.6 is 0 Å². The maximum Gasteiger partial charge on any atom is 0.307 e. The first-order valence-electron chi connectivity index (χ1n) is 9.32. The summed E-state index contributed by atoms with van der Waals surface area (Å²) in [5.74, 6) is -0.165. The zero-order valence-corrected chi connectivity index (χ0v) is 14.7. The number of carbonyl (C=O) groups is 1. The van der Waals surface area contributed by atoms with Gasteiger partial charge in [-0.1, -0.05) is 64.2 Å². The molecule has 4 nitrogen and oxygen atoms in total. The fourth-order valence-corrected chi connectivity index (χ4v) is 2.68. The van der Waals surface area contributed by atoms with Gasteiger partial charge in [-0.3, -0.25) is 4.79 Å². The number of unbranched alkanes of at least 4 members (excludes halogenated alkanes) is 10. The van der Waals surface area contributed by atoms with Gasteiger partial charge in [0.1, 0.15) is 0 Å². The predicted molar refractivity (Wildman–Crippen MR) is 93.7 cm³/mol. The van der Waals surface area contributed by atoms with Gasteiger partial charge in [-0.2, -0.15) is 0 Å². The Hall–Kier alpha value is -0.610. The maximum absolute atomic E-state index is 11.3. The van der Waals surface area contributed by atoms with Crippen LogP contribution in [0.4, 0.5) is 0 Å². The van der Waals surface area contributed by atoms with Gasteiger partial charge in [-0.25, -0.2) is 0 Å². The Morgan fingerprint density at radius 1 is 0.864 bits per heavy atom. The largest absolute Gasteiger partial charge is 0.466 e. The second kappa shape index (κ2) is 16.8. The van der Waals surface area contributed by atoms with Gasteiger partial charge in [0.2, 0.25) is 0 Å². The summed E-state index contributed by atoms with van der Waals surface area (Å²) in [4.78, 5) is 11.3. The molecule has 4 heteroatoms. The molecule has 0 amide bonds. The van der Waals surface area contributed by atoms with Crippen LogP contribution in [0.1, 0.15) is 90.4 Å². The van der Waals surface area contributed by atoms with Crippen LogP contribution in [0, 0.1) is 0 Å². The van der Waals surface area contributed by atoms with Crippen LogP contribution in [-0.4, -0.2) is 25.2 Å². The minimum Gasteiger partial charge on any atom is -0.466 e. The summed E-state index contributed by atoms with van der Waals surface area (Å²) >= 11 is 0. The Labute approximate surface area is 137 Å². The third kappa shape index (κ3) is 15.8. The first-order valence-corrected chi connectivity index (χ1v) is 9.32. The topological polar surface area (TPSA) is 78.3 Å². The minimum atomic E-state index is -0.165. The van der Waals surface area contributed by atoms with Crippen molar-refractivity contribution < 1.29 is 9.53 Å². The molecule has 0 radical (unpaired) electrons. The highest BCUT2D eigenvalue weighted by atomic mass is 16.5. The number of rotatable bonds is 16. The van der Waals surface area contributed by atoms with Crippen molar-refractivity contribution in [2.45, 2.75) is 96.4 Å². The molecular formula is C18H38N2O2. The van der Waals surface area contributed by atoms with Crippen molar-refractivity contribution in [3.05, 3.63) is 0 Å². The lowest BCUT2D eigenvalue weighted by Crippen LogP contribution is -2.24. The van der Waals surface area contributed by atoms with E-state index in [9.17, 15) is 4.79 Å². The van der Waals surface area contributed by atoms with Crippen LogP contribution in [0.25, 0.3) is 0 Å². The molecule has 0 aliphatic heterocycles. The molecule has 0 saturated carbocycles. The normalized spacial score (nSPS) is 12.3. The summed E-state index contributed by atoms with van der Waals surface area (Å²) in [6.07, 6.45) is 15.5. The van der Waals surface area contributed by atoms with Crippen molar-refractivity contribution in [3.8, 4) is 0 Å². The molecule has 0 aromatic rings. The minimum absolute atomic E-state index is 0.0347. The number of esters is 1. The highest BCUT2D eigenvalue weighted by Crippen LogP contribution is 2.12. The van der Waals surface area contributed by atoms with Crippen LogP contribution < -0.4 is 11.5 Å². The lowest BCUT2D eigenvalue weighted by molar-refractivity contribution is -0.143. The molecule has 0 aromatic carbocycles. The van der Waals surface area contributed by atoms with Crippen LogP contribution in [-0.2, 0) is 9.53 Å². The fraction of sp³-hybridized carbons (Fsp3) is 0.944. The van der Waals surface area contributed by atoms with Crippen LogP contribution in [0.2, 0.25) is 0 Å². The van der Waals surface area contributed by atoms with Crippen molar-refractivity contribution >= 4 is 5.97 Å². The molecule has 0 spiro atoms. The quantitative estimate of drug-likeness (QED) is 0.334. The van der Waals surface area contributed by atoms with E-state index in [1.54, 1.807) is 0 Å². The highest BCUT2D eigenvalue weighted by molar-refractivity contribution is 5.70. The number of nitrogens with two attached hydrogens (primary N) is 2. The predicted octanol–water partition coefficient (Wildman–Crippen LogP) is 3.91. The Kier molecular flexibility index (Phi) is 16.3. The summed E-state index contributed by atoms with van der Waals surface area (Å²) in [5.41, 5.74) is 11.4. The number of carbonyl (C=O) groups excluding carboxylic acids is 1. The third-order valence-corrected chi connectivity index (χ3v) is 4.01. The molecule has 0 rings (SSSR count). The number of ether oxygens (including phenoxy) is 1. The van der Waals surface area contributed by atoms with E-state index in [2.05, 4.69) is 0 Å². The first kappa shape index (κ1) is 21.4. The first-order chi connectivity index (χ1) is 10.7. The van der Waals surface area contributed by atoms with E-state index in [4.69, 9.17) is 16.2 Å². The molecule has 0 aromatic heterocycles. The molecule has 0 saturated heterocycles. The molecule has 1 unspecified atom stereocenters. The molecule has 0 bridgehead atoms. The van der Waals surface area contributed by atoms with E-state index in [0.29, 0.717) is 13.0 Å². The van der Waals surface area contributed by atoms with E-state index < -0.39 is 0 Å². The second-order valence-corrected chi connectivity index (χ2v) is 6.24. The van der Waals surface area contributed by atoms with Crippen molar-refractivity contribution in [1.82, 2.24) is 0 Å². The van der Waals surface area contributed by atoms with Crippen LogP contribution in [0.15, 0.2) is 0 Å². The van der Waals surface area contributed by atoms with E-state index in [0.717, 1.165) is 19.4 Å². The molecule has 1 atom stereocenters. The van der Waals surface area contributed by atoms with Gasteiger partial charge in [-0.15, -0.1) is 0 Å². The molecule has 0 aliphatic rings. The van der Waals surface area contributed by atoms with Gasteiger partial charge < -0.3 is 16.2 Å². The molecule has 4 N–H and O–H groups in total. The van der Waals surface area contributed by atoms with E-state index >= 15 is 0 Å². The standard InChI is InChI=1S/C18H38N2O2/c1-2-22-18(21)16-17(20)14-12-10-8-6-4-3-5-7-9-11-13-15-19/h17H,2-16,19-20H2,1H3. The average Bonchev–Trinajstić information content (AvgIpc) is 2.48. The second-order valence-electron chi connectivity index (χ2n) is 6.24. The number of hydrogen-bond donors (Lipinski definition) is 2. The van der Waals surface area contributed by atoms with Gasteiger partial charge in [0.15, 0.2) is 0 Å².